The summed E-state index contributed by atoms with van der Waals surface area (Å²) in [5.74, 6) is -0.417. The maximum Gasteiger partial charge on any atom is 0.242 e. The van der Waals surface area contributed by atoms with E-state index in [2.05, 4.69) is 19.9 Å². The number of ether oxygens (including phenoxy) is 1. The molecule has 1 aliphatic rings. The number of hydrogen-bond donors (Lipinski definition) is 2. The van der Waals surface area contributed by atoms with Crippen molar-refractivity contribution in [1.29, 1.82) is 0 Å². The molecule has 11 heteroatoms. The van der Waals surface area contributed by atoms with Gasteiger partial charge in [0.1, 0.15) is 10.0 Å². The van der Waals surface area contributed by atoms with Crippen molar-refractivity contribution < 1.29 is 17.9 Å². The van der Waals surface area contributed by atoms with Crippen LogP contribution in [0.4, 0.5) is 0 Å². The molecule has 1 saturated heterocycles. The fourth-order valence-corrected chi connectivity index (χ4v) is 3.32. The van der Waals surface area contributed by atoms with Crippen LogP contribution in [-0.4, -0.2) is 70.1 Å². The smallest absolute Gasteiger partial charge is 0.242 e. The zero-order valence-electron chi connectivity index (χ0n) is 12.8. The van der Waals surface area contributed by atoms with E-state index in [0.29, 0.717) is 26.3 Å². The van der Waals surface area contributed by atoms with Crippen molar-refractivity contribution >= 4 is 39.1 Å². The van der Waals surface area contributed by atoms with Crippen LogP contribution in [0.25, 0.3) is 0 Å². The van der Waals surface area contributed by atoms with Gasteiger partial charge in [-0.2, -0.15) is 0 Å². The second-order valence-corrected chi connectivity index (χ2v) is 7.60. The van der Waals surface area contributed by atoms with Crippen LogP contribution in [-0.2, 0) is 19.6 Å². The van der Waals surface area contributed by atoms with Gasteiger partial charge in [0.2, 0.25) is 15.9 Å². The number of morpholine rings is 1. The number of sulfonamides is 1. The molecule has 0 atom stereocenters. The first kappa shape index (κ1) is 19.4. The van der Waals surface area contributed by atoms with Gasteiger partial charge in [0.15, 0.2) is 0 Å². The Morgan fingerprint density at radius 3 is 2.71 bits per heavy atom. The molecule has 0 saturated carbocycles. The first-order valence-corrected chi connectivity index (χ1v) is 9.50. The van der Waals surface area contributed by atoms with Crippen LogP contribution < -0.4 is 10.0 Å². The summed E-state index contributed by atoms with van der Waals surface area (Å²) in [7, 11) is -3.88. The summed E-state index contributed by atoms with van der Waals surface area (Å²) < 4.78 is 31.6. The average Bonchev–Trinajstić information content (AvgIpc) is 2.56. The summed E-state index contributed by atoms with van der Waals surface area (Å²) in [6.07, 6.45) is 1.08. The fraction of sp³-hybridized carbons (Fsp3) is 0.538. The van der Waals surface area contributed by atoms with Crippen molar-refractivity contribution in [2.24, 2.45) is 0 Å². The molecule has 0 spiro atoms. The Morgan fingerprint density at radius 1 is 1.33 bits per heavy atom. The molecular weight excluding hydrogens is 379 g/mol. The third-order valence-electron chi connectivity index (χ3n) is 3.36. The molecule has 1 aliphatic heterocycles. The number of nitrogens with one attached hydrogen (secondary N) is 2. The van der Waals surface area contributed by atoms with E-state index in [1.165, 1.54) is 6.07 Å². The van der Waals surface area contributed by atoms with Crippen molar-refractivity contribution in [3.05, 3.63) is 22.4 Å². The Balaban J connectivity index is 1.76. The van der Waals surface area contributed by atoms with Gasteiger partial charge in [-0.3, -0.25) is 9.69 Å². The highest BCUT2D eigenvalue weighted by Crippen LogP contribution is 2.21. The van der Waals surface area contributed by atoms with E-state index in [1.54, 1.807) is 0 Å². The van der Waals surface area contributed by atoms with E-state index in [4.69, 9.17) is 27.9 Å². The van der Waals surface area contributed by atoms with Gasteiger partial charge in [0.25, 0.3) is 0 Å². The number of nitrogens with zero attached hydrogens (tertiary/aromatic N) is 2. The molecule has 2 rings (SSSR count). The average molecular weight is 397 g/mol. The third kappa shape index (κ3) is 5.83. The zero-order chi connectivity index (χ0) is 17.6. The zero-order valence-corrected chi connectivity index (χ0v) is 15.1. The summed E-state index contributed by atoms with van der Waals surface area (Å²) in [5, 5.41) is 2.70. The summed E-state index contributed by atoms with van der Waals surface area (Å²) in [4.78, 5) is 17.4. The van der Waals surface area contributed by atoms with E-state index >= 15 is 0 Å². The molecule has 0 unspecified atom stereocenters. The summed E-state index contributed by atoms with van der Waals surface area (Å²) in [6.45, 7) is 3.79. The molecule has 2 N–H and O–H groups in total. The summed E-state index contributed by atoms with van der Waals surface area (Å²) in [5.41, 5.74) is 0. The Bertz CT molecular complexity index is 681. The molecule has 2 heterocycles. The maximum atomic E-state index is 12.1. The minimum absolute atomic E-state index is 0.0106. The van der Waals surface area contributed by atoms with Crippen molar-refractivity contribution in [3.63, 3.8) is 0 Å². The molecule has 24 heavy (non-hydrogen) atoms. The van der Waals surface area contributed by atoms with Gasteiger partial charge in [-0.25, -0.2) is 18.1 Å². The highest BCUT2D eigenvalue weighted by molar-refractivity contribution is 7.89. The number of carbonyl (C=O) groups excluding carboxylic acids is 1. The number of hydrogen-bond acceptors (Lipinski definition) is 6. The van der Waals surface area contributed by atoms with E-state index in [1.807, 2.05) is 0 Å². The number of aromatic nitrogens is 1. The van der Waals surface area contributed by atoms with Crippen LogP contribution in [0.2, 0.25) is 10.2 Å². The van der Waals surface area contributed by atoms with Gasteiger partial charge in [-0.05, 0) is 6.07 Å². The largest absolute Gasteiger partial charge is 0.379 e. The normalized spacial score (nSPS) is 16.1. The fourth-order valence-electron chi connectivity index (χ4n) is 2.04. The molecular formula is C13H18Cl2N4O4S. The first-order chi connectivity index (χ1) is 11.4. The summed E-state index contributed by atoms with van der Waals surface area (Å²) >= 11 is 11.4. The van der Waals surface area contributed by atoms with Gasteiger partial charge < -0.3 is 10.1 Å². The van der Waals surface area contributed by atoms with E-state index in [0.717, 1.165) is 19.3 Å². The molecule has 0 radical (unpaired) electrons. The lowest BCUT2D eigenvalue weighted by Crippen LogP contribution is -2.43. The second-order valence-electron chi connectivity index (χ2n) is 5.07. The van der Waals surface area contributed by atoms with Crippen LogP contribution in [0.3, 0.4) is 0 Å². The SMILES string of the molecule is O=C(CNS(=O)(=O)c1cnc(Cl)c(Cl)c1)NCCN1CCOCC1. The van der Waals surface area contributed by atoms with Gasteiger partial charge in [-0.15, -0.1) is 0 Å². The number of pyridine rings is 1. The van der Waals surface area contributed by atoms with Gasteiger partial charge >= 0.3 is 0 Å². The highest BCUT2D eigenvalue weighted by Gasteiger charge is 2.17. The Kier molecular flexibility index (Phi) is 7.20. The topological polar surface area (TPSA) is 101 Å². The van der Waals surface area contributed by atoms with Crippen LogP contribution in [0.5, 0.6) is 0 Å². The van der Waals surface area contributed by atoms with E-state index in [9.17, 15) is 13.2 Å². The highest BCUT2D eigenvalue weighted by atomic mass is 35.5. The molecule has 134 valence electrons. The molecule has 1 aromatic rings. The van der Waals surface area contributed by atoms with Gasteiger partial charge in [0.05, 0.1) is 24.8 Å². The molecule has 0 aromatic carbocycles. The molecule has 1 amide bonds. The number of carbonyl (C=O) groups is 1. The number of halogens is 2. The quantitative estimate of drug-likeness (QED) is 0.634. The Labute approximate surface area is 150 Å². The predicted molar refractivity (Wildman–Crippen MR) is 89.7 cm³/mol. The van der Waals surface area contributed by atoms with Crippen molar-refractivity contribution in [3.8, 4) is 0 Å². The van der Waals surface area contributed by atoms with Crippen molar-refractivity contribution in [1.82, 2.24) is 19.9 Å². The molecule has 0 aliphatic carbocycles. The summed E-state index contributed by atoms with van der Waals surface area (Å²) in [6, 6.07) is 1.18. The monoisotopic (exact) mass is 396 g/mol. The number of amides is 1. The Hall–Kier alpha value is -0.970. The van der Waals surface area contributed by atoms with Crippen LogP contribution in [0.1, 0.15) is 0 Å². The minimum atomic E-state index is -3.88. The lowest BCUT2D eigenvalue weighted by atomic mass is 10.4. The van der Waals surface area contributed by atoms with Crippen molar-refractivity contribution in [2.75, 3.05) is 45.9 Å². The van der Waals surface area contributed by atoms with Crippen LogP contribution in [0.15, 0.2) is 17.2 Å². The predicted octanol–water partition coefficient (Wildman–Crippen LogP) is 0.115. The number of rotatable bonds is 7. The molecule has 1 aromatic heterocycles. The van der Waals surface area contributed by atoms with Crippen molar-refractivity contribution in [2.45, 2.75) is 4.90 Å². The van der Waals surface area contributed by atoms with E-state index < -0.39 is 15.9 Å². The van der Waals surface area contributed by atoms with Gasteiger partial charge in [0, 0.05) is 32.4 Å². The molecule has 0 bridgehead atoms. The molecule has 1 fully saturated rings. The standard InChI is InChI=1S/C13H18Cl2N4O4S/c14-11-7-10(8-17-13(11)15)24(21,22)18-9-12(20)16-1-2-19-3-5-23-6-4-19/h7-8,18H,1-6,9H2,(H,16,20). The first-order valence-electron chi connectivity index (χ1n) is 7.26. The maximum absolute atomic E-state index is 12.1. The van der Waals surface area contributed by atoms with Crippen LogP contribution >= 0.6 is 23.2 Å². The van der Waals surface area contributed by atoms with Crippen LogP contribution in [0, 0.1) is 0 Å². The lowest BCUT2D eigenvalue weighted by Gasteiger charge is -2.26. The Morgan fingerprint density at radius 2 is 2.04 bits per heavy atom. The lowest BCUT2D eigenvalue weighted by molar-refractivity contribution is -0.120. The third-order valence-corrected chi connectivity index (χ3v) is 5.41. The van der Waals surface area contributed by atoms with Gasteiger partial charge in [-0.1, -0.05) is 23.2 Å². The minimum Gasteiger partial charge on any atom is -0.379 e. The van der Waals surface area contributed by atoms with E-state index in [-0.39, 0.29) is 21.6 Å². The molecule has 8 nitrogen and oxygen atoms in total. The second kappa shape index (κ2) is 8.93.